The number of anilines is 2. The van der Waals surface area contributed by atoms with Crippen molar-refractivity contribution in [2.75, 3.05) is 94.7 Å². The van der Waals surface area contributed by atoms with E-state index in [0.717, 1.165) is 5.39 Å². The van der Waals surface area contributed by atoms with Crippen LogP contribution in [0.15, 0.2) is 77.6 Å². The SMILES string of the molecule is C.CN(C)C=Nc1ncnc2c1cnn2CC(=O)O.CNCCN(CC(=O)O)C(=O)Cn1ncc2c(N=CN(C)C)ncnc21.COC(=O)Cn1ncc2c(N)ncnc21.COC(=O)Cn1ncc2c(N=CN(C)C)ncnc21.Nc1ncnc2[nH]ncc12.[Na+].[OH-]. The molecule has 0 atom stereocenters. The van der Waals surface area contributed by atoms with Crippen molar-refractivity contribution < 1.29 is 78.7 Å². The van der Waals surface area contributed by atoms with Gasteiger partial charge in [0.25, 0.3) is 0 Å². The number of ether oxygens (including phenoxy) is 2. The van der Waals surface area contributed by atoms with Crippen molar-refractivity contribution in [1.82, 2.24) is 124 Å². The standard InChI is InChI=1S/C15H22N8O3.C11H14N6O2.C10H12N6O2.C8H9N5O2.C5H5N5.CH4.Na.H2O/c1-16-4-5-22(8-13(25)26)12(24)7-23-15-11(6-20-23)14(17-9-18-15)19-10-21(2)3;1-16(2)7-14-10-8-4-15-17(5-9(18)19-3)11(8)13-6-12-10;1-15(2)6-13-9-7-3-14-16(4-8(17)18)10(7)12-5-11-9;1-15-6(14)3-13-8-5(2-12-13)7(9)10-4-11-8;6-4-3-1-9-10-5(3)8-2-7-4;;;/h6,9-10,16H,4-5,7-8H2,1-3H3,(H,25,26);4,6-7H,5H2,1-3H3;3,5-6H,4H2,1-2H3,(H,17,18);2,4H,3H2,1H3,(H2,9,10,11);1-2H,(H3,6,7,8,9,10);1H4;;1H2/q;;;;;;+1;/p-1. The second-order valence-electron chi connectivity index (χ2n) is 18.4. The molecule has 0 aliphatic carbocycles. The largest absolute Gasteiger partial charge is 1.00 e. The summed E-state index contributed by atoms with van der Waals surface area (Å²) in [7, 11) is 15.5. The molecule has 91 heavy (non-hydrogen) atoms. The van der Waals surface area contributed by atoms with Crippen molar-refractivity contribution in [2.24, 2.45) is 15.0 Å². The molecule has 40 nitrogen and oxygen atoms in total. The fraction of sp³-hybridized carbons (Fsp3) is 0.340. The van der Waals surface area contributed by atoms with Gasteiger partial charge in [-0.15, -0.1) is 0 Å². The van der Waals surface area contributed by atoms with Crippen molar-refractivity contribution in [2.45, 2.75) is 33.6 Å². The number of nitrogens with zero attached hydrogens (tertiary/aromatic N) is 26. The number of nitrogen functional groups attached to an aromatic ring is 2. The number of aliphatic imine (C=N–C) groups is 3. The maximum atomic E-state index is 12.5. The third-order valence-electron chi connectivity index (χ3n) is 11.1. The molecular weight excluding hydrogens is 1200 g/mol. The summed E-state index contributed by atoms with van der Waals surface area (Å²) in [6, 6.07) is 0. The van der Waals surface area contributed by atoms with Crippen LogP contribution >= 0.6 is 0 Å². The predicted molar refractivity (Wildman–Crippen MR) is 326 cm³/mol. The normalized spacial score (nSPS) is 10.6. The van der Waals surface area contributed by atoms with E-state index in [1.165, 1.54) is 81.9 Å². The number of carboxylic acid groups (broad SMARTS) is 2. The molecule has 10 aromatic heterocycles. The van der Waals surface area contributed by atoms with E-state index in [0.29, 0.717) is 85.4 Å². The molecule has 41 heteroatoms. The van der Waals surface area contributed by atoms with E-state index in [1.54, 1.807) is 59.4 Å². The van der Waals surface area contributed by atoms with Gasteiger partial charge >= 0.3 is 53.4 Å². The Bertz CT molecular complexity index is 4080. The van der Waals surface area contributed by atoms with Gasteiger partial charge in [0.05, 0.1) is 91.2 Å². The van der Waals surface area contributed by atoms with Crippen molar-refractivity contribution in [3.05, 3.63) is 62.6 Å². The average Bonchev–Trinajstić information content (AvgIpc) is 2.06. The first kappa shape index (κ1) is 74.3. The Balaban J connectivity index is 0.000000302. The van der Waals surface area contributed by atoms with E-state index < -0.39 is 17.9 Å². The number of hydrogen-bond donors (Lipinski definition) is 6. The quantitative estimate of drug-likeness (QED) is 0.0198. The minimum atomic E-state index is -1.07. The maximum absolute atomic E-state index is 12.5. The number of aromatic nitrogens is 20. The van der Waals surface area contributed by atoms with Crippen LogP contribution in [0.3, 0.4) is 0 Å². The number of rotatable bonds is 19. The van der Waals surface area contributed by atoms with Crippen molar-refractivity contribution in [3.63, 3.8) is 0 Å². The Morgan fingerprint density at radius 2 is 0.923 bits per heavy atom. The number of methoxy groups -OCH3 is 2. The molecule has 0 radical (unpaired) electrons. The van der Waals surface area contributed by atoms with Crippen LogP contribution in [0.25, 0.3) is 55.2 Å². The Morgan fingerprint density at radius 1 is 0.549 bits per heavy atom. The third kappa shape index (κ3) is 21.4. The van der Waals surface area contributed by atoms with Gasteiger partial charge in [-0.3, -0.25) is 29.1 Å². The van der Waals surface area contributed by atoms with Gasteiger partial charge in [0.15, 0.2) is 45.7 Å². The zero-order valence-electron chi connectivity index (χ0n) is 50.4. The smallest absolute Gasteiger partial charge is 0.870 e. The minimum Gasteiger partial charge on any atom is -0.870 e. The third-order valence-corrected chi connectivity index (χ3v) is 11.1. The molecule has 0 bridgehead atoms. The number of carbonyl (C=O) groups excluding carboxylic acids is 3. The summed E-state index contributed by atoms with van der Waals surface area (Å²) in [6.07, 6.45) is 19.4. The molecule has 0 saturated carbocycles. The Hall–Kier alpha value is -11.0. The van der Waals surface area contributed by atoms with Gasteiger partial charge in [-0.25, -0.2) is 83.5 Å². The number of esters is 2. The first-order valence-electron chi connectivity index (χ1n) is 25.6. The number of nitrogens with one attached hydrogen (secondary N) is 2. The van der Waals surface area contributed by atoms with E-state index >= 15 is 0 Å². The van der Waals surface area contributed by atoms with Gasteiger partial charge < -0.3 is 61.5 Å². The van der Waals surface area contributed by atoms with Crippen LogP contribution < -0.4 is 46.3 Å². The zero-order valence-corrected chi connectivity index (χ0v) is 52.4. The van der Waals surface area contributed by atoms with Crippen LogP contribution in [0.1, 0.15) is 7.43 Å². The molecule has 0 aromatic carbocycles. The molecule has 0 saturated heterocycles. The second kappa shape index (κ2) is 36.4. The number of aromatic amines is 1. The van der Waals surface area contributed by atoms with Crippen LogP contribution in [-0.2, 0) is 59.6 Å². The summed E-state index contributed by atoms with van der Waals surface area (Å²) in [5, 5.41) is 46.6. The molecule has 10 rings (SSSR count). The minimum absolute atomic E-state index is 0. The average molecular weight is 1270 g/mol. The molecule has 1 amide bonds. The van der Waals surface area contributed by atoms with E-state index in [1.807, 2.05) is 42.3 Å². The summed E-state index contributed by atoms with van der Waals surface area (Å²) >= 11 is 0. The van der Waals surface area contributed by atoms with Crippen LogP contribution in [0.2, 0.25) is 0 Å². The second-order valence-corrected chi connectivity index (χ2v) is 18.4. The van der Waals surface area contributed by atoms with E-state index in [2.05, 4.69) is 110 Å². The van der Waals surface area contributed by atoms with Gasteiger partial charge in [0.2, 0.25) is 5.91 Å². The summed E-state index contributed by atoms with van der Waals surface area (Å²) < 4.78 is 14.7. The van der Waals surface area contributed by atoms with E-state index in [-0.39, 0.29) is 93.6 Å². The number of carboxylic acids is 2. The van der Waals surface area contributed by atoms with Gasteiger partial charge in [-0.05, 0) is 7.05 Å². The monoisotopic (exact) mass is 1270 g/mol. The van der Waals surface area contributed by atoms with Crippen LogP contribution in [0.4, 0.5) is 29.1 Å². The van der Waals surface area contributed by atoms with Crippen LogP contribution in [0, 0.1) is 0 Å². The number of fused-ring (bicyclic) bond motifs is 5. The molecule has 10 heterocycles. The molecule has 10 aromatic rings. The predicted octanol–water partition coefficient (Wildman–Crippen LogP) is -3.49. The van der Waals surface area contributed by atoms with Crippen LogP contribution in [0.5, 0.6) is 0 Å². The molecule has 0 aliphatic rings. The number of aliphatic carboxylic acids is 2. The molecule has 0 fully saturated rings. The van der Waals surface area contributed by atoms with Gasteiger partial charge in [0, 0.05) is 55.4 Å². The summed E-state index contributed by atoms with van der Waals surface area (Å²) in [5.41, 5.74) is 13.8. The first-order chi connectivity index (χ1) is 42.2. The van der Waals surface area contributed by atoms with Crippen molar-refractivity contribution >= 4 is 133 Å². The number of likely N-dealkylation sites (N-methyl/N-ethyl adjacent to an activating group) is 1. The molecular formula is C50H67N30NaO10. The number of hydrogen-bond acceptors (Lipinski definition) is 29. The first-order valence-corrected chi connectivity index (χ1v) is 25.6. The summed E-state index contributed by atoms with van der Waals surface area (Å²) in [4.78, 5) is 116. The molecule has 0 spiro atoms. The Kier molecular flexibility index (Phi) is 29.7. The van der Waals surface area contributed by atoms with E-state index in [9.17, 15) is 24.0 Å². The fourth-order valence-corrected chi connectivity index (χ4v) is 7.05. The van der Waals surface area contributed by atoms with Crippen molar-refractivity contribution in [1.29, 1.82) is 0 Å². The van der Waals surface area contributed by atoms with Gasteiger partial charge in [-0.2, -0.15) is 25.5 Å². The maximum Gasteiger partial charge on any atom is 1.00 e. The fourth-order valence-electron chi connectivity index (χ4n) is 7.05. The van der Waals surface area contributed by atoms with Crippen LogP contribution in [-0.4, -0.2) is 266 Å². The molecule has 9 N–H and O–H groups in total. The summed E-state index contributed by atoms with van der Waals surface area (Å²) in [6.45, 7) is 0.0711. The molecule has 0 unspecified atom stereocenters. The summed E-state index contributed by atoms with van der Waals surface area (Å²) in [5.74, 6) is -0.960. The number of amides is 1. The molecule has 0 aliphatic heterocycles. The van der Waals surface area contributed by atoms with Gasteiger partial charge in [-0.1, -0.05) is 7.43 Å². The van der Waals surface area contributed by atoms with Crippen molar-refractivity contribution in [3.8, 4) is 0 Å². The number of carbonyl (C=O) groups is 5. The molecule has 478 valence electrons. The number of nitrogens with two attached hydrogens (primary N) is 2. The topological polar surface area (TPSA) is 517 Å². The van der Waals surface area contributed by atoms with E-state index in [4.69, 9.17) is 21.7 Å². The zero-order chi connectivity index (χ0) is 63.9. The Labute approximate surface area is 539 Å². The number of H-pyrrole nitrogens is 1. The van der Waals surface area contributed by atoms with Gasteiger partial charge in [0.1, 0.15) is 76.0 Å². The Morgan fingerprint density at radius 3 is 1.31 bits per heavy atom.